The molecule has 2 aliphatic rings. The average Bonchev–Trinajstić information content (AvgIpc) is 2.76. The van der Waals surface area contributed by atoms with Crippen LogP contribution in [0, 0.1) is 0 Å². The van der Waals surface area contributed by atoms with Crippen LogP contribution >= 0.6 is 0 Å². The summed E-state index contributed by atoms with van der Waals surface area (Å²) in [7, 11) is 0. The standard InChI is InChI=1S/C14H26N2/c1-4-12(3)16-11-14(8-6-7-9-14)15-10-13(16)5-2/h4,12-13,15H,1,5-11H2,2-3H3. The summed E-state index contributed by atoms with van der Waals surface area (Å²) in [6.45, 7) is 10.9. The summed E-state index contributed by atoms with van der Waals surface area (Å²) in [5.74, 6) is 0. The number of nitrogens with zero attached hydrogens (tertiary/aromatic N) is 1. The fourth-order valence-corrected chi connectivity index (χ4v) is 3.36. The molecule has 1 saturated heterocycles. The molecule has 0 radical (unpaired) electrons. The normalized spacial score (nSPS) is 31.8. The molecule has 1 heterocycles. The number of nitrogens with one attached hydrogen (secondary N) is 1. The molecule has 1 aliphatic heterocycles. The van der Waals surface area contributed by atoms with E-state index in [1.54, 1.807) is 0 Å². The van der Waals surface area contributed by atoms with Gasteiger partial charge in [-0.2, -0.15) is 0 Å². The van der Waals surface area contributed by atoms with Crippen molar-refractivity contribution >= 4 is 0 Å². The molecule has 0 aromatic carbocycles. The van der Waals surface area contributed by atoms with E-state index in [4.69, 9.17) is 0 Å². The summed E-state index contributed by atoms with van der Waals surface area (Å²) >= 11 is 0. The highest BCUT2D eigenvalue weighted by Crippen LogP contribution is 2.34. The van der Waals surface area contributed by atoms with Crippen molar-refractivity contribution < 1.29 is 0 Å². The molecule has 2 atom stereocenters. The molecule has 1 aliphatic carbocycles. The first-order valence-electron chi connectivity index (χ1n) is 6.84. The van der Waals surface area contributed by atoms with Gasteiger partial charge in [0.25, 0.3) is 0 Å². The van der Waals surface area contributed by atoms with Crippen LogP contribution in [-0.4, -0.2) is 35.6 Å². The lowest BCUT2D eigenvalue weighted by atomic mass is 9.90. The molecular weight excluding hydrogens is 196 g/mol. The monoisotopic (exact) mass is 222 g/mol. The van der Waals surface area contributed by atoms with E-state index in [0.29, 0.717) is 17.6 Å². The van der Waals surface area contributed by atoms with Crippen LogP contribution in [0.1, 0.15) is 46.0 Å². The van der Waals surface area contributed by atoms with Gasteiger partial charge in [-0.05, 0) is 26.2 Å². The van der Waals surface area contributed by atoms with Gasteiger partial charge in [0.05, 0.1) is 0 Å². The first-order chi connectivity index (χ1) is 7.71. The minimum absolute atomic E-state index is 0.433. The molecule has 1 saturated carbocycles. The van der Waals surface area contributed by atoms with Crippen molar-refractivity contribution in [2.75, 3.05) is 13.1 Å². The van der Waals surface area contributed by atoms with Crippen molar-refractivity contribution in [1.82, 2.24) is 10.2 Å². The van der Waals surface area contributed by atoms with Gasteiger partial charge in [-0.1, -0.05) is 25.8 Å². The summed E-state index contributed by atoms with van der Waals surface area (Å²) in [5, 5.41) is 3.83. The predicted molar refractivity (Wildman–Crippen MR) is 69.6 cm³/mol. The average molecular weight is 222 g/mol. The Morgan fingerprint density at radius 3 is 2.75 bits per heavy atom. The Kier molecular flexibility index (Phi) is 3.70. The van der Waals surface area contributed by atoms with Gasteiger partial charge in [0.1, 0.15) is 0 Å². The van der Waals surface area contributed by atoms with E-state index in [-0.39, 0.29) is 0 Å². The molecule has 0 bridgehead atoms. The van der Waals surface area contributed by atoms with Gasteiger partial charge < -0.3 is 5.32 Å². The smallest absolute Gasteiger partial charge is 0.0309 e. The van der Waals surface area contributed by atoms with Crippen LogP contribution < -0.4 is 5.32 Å². The molecule has 2 unspecified atom stereocenters. The second kappa shape index (κ2) is 4.89. The van der Waals surface area contributed by atoms with Crippen LogP contribution in [0.4, 0.5) is 0 Å². The van der Waals surface area contributed by atoms with Gasteiger partial charge in [-0.25, -0.2) is 0 Å². The van der Waals surface area contributed by atoms with E-state index in [1.165, 1.54) is 38.6 Å². The number of hydrogen-bond donors (Lipinski definition) is 1. The molecule has 2 nitrogen and oxygen atoms in total. The number of piperazine rings is 1. The highest BCUT2D eigenvalue weighted by molar-refractivity contribution is 5.03. The quantitative estimate of drug-likeness (QED) is 0.738. The molecule has 92 valence electrons. The summed E-state index contributed by atoms with van der Waals surface area (Å²) in [6, 6.07) is 1.21. The van der Waals surface area contributed by atoms with Gasteiger partial charge in [-0.3, -0.25) is 4.90 Å². The van der Waals surface area contributed by atoms with E-state index in [1.807, 2.05) is 0 Å². The Bertz CT molecular complexity index is 243. The van der Waals surface area contributed by atoms with Crippen molar-refractivity contribution in [3.63, 3.8) is 0 Å². The third-order valence-corrected chi connectivity index (χ3v) is 4.56. The molecule has 0 aromatic rings. The number of rotatable bonds is 3. The van der Waals surface area contributed by atoms with E-state index in [0.717, 1.165) is 6.54 Å². The van der Waals surface area contributed by atoms with Gasteiger partial charge in [0, 0.05) is 30.7 Å². The third-order valence-electron chi connectivity index (χ3n) is 4.56. The van der Waals surface area contributed by atoms with Crippen molar-refractivity contribution in [3.05, 3.63) is 12.7 Å². The maximum Gasteiger partial charge on any atom is 0.0309 e. The van der Waals surface area contributed by atoms with E-state index in [2.05, 4.69) is 36.7 Å². The molecule has 2 heteroatoms. The third kappa shape index (κ3) is 2.18. The van der Waals surface area contributed by atoms with Crippen LogP contribution in [0.25, 0.3) is 0 Å². The zero-order valence-electron chi connectivity index (χ0n) is 10.8. The molecule has 1 N–H and O–H groups in total. The second-order valence-electron chi connectivity index (χ2n) is 5.58. The zero-order chi connectivity index (χ0) is 11.6. The topological polar surface area (TPSA) is 15.3 Å². The lowest BCUT2D eigenvalue weighted by Gasteiger charge is -2.48. The summed E-state index contributed by atoms with van der Waals surface area (Å²) in [5.41, 5.74) is 0.433. The fourth-order valence-electron chi connectivity index (χ4n) is 3.36. The van der Waals surface area contributed by atoms with Crippen LogP contribution in [0.5, 0.6) is 0 Å². The van der Waals surface area contributed by atoms with Crippen molar-refractivity contribution in [3.8, 4) is 0 Å². The SMILES string of the molecule is C=CC(C)N1CC2(CCCC2)NCC1CC. The van der Waals surface area contributed by atoms with Crippen LogP contribution in [0.3, 0.4) is 0 Å². The largest absolute Gasteiger partial charge is 0.308 e. The Morgan fingerprint density at radius 1 is 1.50 bits per heavy atom. The first kappa shape index (κ1) is 12.1. The van der Waals surface area contributed by atoms with Crippen LogP contribution in [0.15, 0.2) is 12.7 Å². The van der Waals surface area contributed by atoms with Crippen LogP contribution in [-0.2, 0) is 0 Å². The van der Waals surface area contributed by atoms with E-state index in [9.17, 15) is 0 Å². The van der Waals surface area contributed by atoms with E-state index < -0.39 is 0 Å². The Morgan fingerprint density at radius 2 is 2.19 bits per heavy atom. The van der Waals surface area contributed by atoms with Crippen molar-refractivity contribution in [1.29, 1.82) is 0 Å². The fraction of sp³-hybridized carbons (Fsp3) is 0.857. The number of hydrogen-bond acceptors (Lipinski definition) is 2. The molecule has 2 rings (SSSR count). The molecular formula is C14H26N2. The van der Waals surface area contributed by atoms with Gasteiger partial charge in [-0.15, -0.1) is 6.58 Å². The first-order valence-corrected chi connectivity index (χ1v) is 6.84. The van der Waals surface area contributed by atoms with E-state index >= 15 is 0 Å². The highest BCUT2D eigenvalue weighted by atomic mass is 15.3. The minimum atomic E-state index is 0.433. The zero-order valence-corrected chi connectivity index (χ0v) is 10.8. The van der Waals surface area contributed by atoms with Gasteiger partial charge in [0.15, 0.2) is 0 Å². The molecule has 16 heavy (non-hydrogen) atoms. The predicted octanol–water partition coefficient (Wildman–Crippen LogP) is 2.56. The van der Waals surface area contributed by atoms with Gasteiger partial charge in [0.2, 0.25) is 0 Å². The minimum Gasteiger partial charge on any atom is -0.308 e. The molecule has 1 spiro atoms. The van der Waals surface area contributed by atoms with Crippen LogP contribution in [0.2, 0.25) is 0 Å². The van der Waals surface area contributed by atoms with Crippen molar-refractivity contribution in [2.45, 2.75) is 63.6 Å². The summed E-state index contributed by atoms with van der Waals surface area (Å²) in [6.07, 6.45) is 8.87. The highest BCUT2D eigenvalue weighted by Gasteiger charge is 2.41. The maximum atomic E-state index is 3.96. The second-order valence-corrected chi connectivity index (χ2v) is 5.58. The maximum absolute atomic E-state index is 3.96. The summed E-state index contributed by atoms with van der Waals surface area (Å²) in [4.78, 5) is 2.66. The molecule has 0 aromatic heterocycles. The lowest BCUT2D eigenvalue weighted by Crippen LogP contribution is -2.64. The molecule has 2 fully saturated rings. The molecule has 0 amide bonds. The summed E-state index contributed by atoms with van der Waals surface area (Å²) < 4.78 is 0. The Hall–Kier alpha value is -0.340. The lowest BCUT2D eigenvalue weighted by molar-refractivity contribution is 0.0617. The Balaban J connectivity index is 2.08. The van der Waals surface area contributed by atoms with Crippen molar-refractivity contribution in [2.24, 2.45) is 0 Å². The van der Waals surface area contributed by atoms with Gasteiger partial charge >= 0.3 is 0 Å². The Labute approximate surface area is 100 Å².